The third kappa shape index (κ3) is 32.2. The normalized spacial score (nSPS) is 7.85. The van der Waals surface area contributed by atoms with Gasteiger partial charge in [-0.05, 0) is 0 Å². The van der Waals surface area contributed by atoms with E-state index in [0.29, 0.717) is 0 Å². The Morgan fingerprint density at radius 2 is 1.23 bits per heavy atom. The van der Waals surface area contributed by atoms with Crippen LogP contribution in [0, 0.1) is 0 Å². The van der Waals surface area contributed by atoms with Crippen LogP contribution < -0.4 is 59.1 Å². The van der Waals surface area contributed by atoms with Gasteiger partial charge in [0.1, 0.15) is 0 Å². The minimum Gasteiger partial charge on any atom is -1.00 e. The zero-order valence-corrected chi connectivity index (χ0v) is 12.2. The van der Waals surface area contributed by atoms with Crippen molar-refractivity contribution < 1.29 is 94.7 Å². The molecule has 0 unspecified atom stereocenters. The first kappa shape index (κ1) is 23.6. The number of aliphatic carboxylic acids is 1. The van der Waals surface area contributed by atoms with Gasteiger partial charge in [-0.1, -0.05) is 0 Å². The molecular formula is C3H8Na2O7S. The van der Waals surface area contributed by atoms with Crippen molar-refractivity contribution >= 4 is 21.4 Å². The van der Waals surface area contributed by atoms with Crippen LogP contribution in [0.25, 0.3) is 0 Å². The van der Waals surface area contributed by atoms with Crippen LogP contribution in [0.2, 0.25) is 0 Å². The minimum absolute atomic E-state index is 0. The molecule has 0 heterocycles. The van der Waals surface area contributed by atoms with Gasteiger partial charge in [-0.3, -0.25) is 9.35 Å². The number of rotatable bonds is 0. The molecule has 0 rings (SSSR count). The van der Waals surface area contributed by atoms with Crippen LogP contribution >= 0.6 is 0 Å². The maximum Gasteiger partial charge on any atom is 1.00 e. The summed E-state index contributed by atoms with van der Waals surface area (Å²) < 4.78 is 26.0. The van der Waals surface area contributed by atoms with Crippen LogP contribution in [0.3, 0.4) is 0 Å². The molecule has 3 N–H and O–H groups in total. The molecule has 13 heavy (non-hydrogen) atoms. The Balaban J connectivity index is -0.0000000230. The molecule has 10 heteroatoms. The quantitative estimate of drug-likeness (QED) is 0.281. The number of carboxylic acid groups (broad SMARTS) is 2. The second kappa shape index (κ2) is 10.9. The summed E-state index contributed by atoms with van der Waals surface area (Å²) in [7, 11) is -4.82. The molecule has 7 nitrogen and oxygen atoms in total. The first-order chi connectivity index (χ1) is 4.68. The Labute approximate surface area is 122 Å². The smallest absolute Gasteiger partial charge is 1.00 e. The van der Waals surface area contributed by atoms with Crippen molar-refractivity contribution in [2.45, 2.75) is 6.92 Å². The summed E-state index contributed by atoms with van der Waals surface area (Å²) in [5.41, 5.74) is 0. The van der Waals surface area contributed by atoms with Crippen LogP contribution in [0.15, 0.2) is 0 Å². The molecule has 0 saturated carbocycles. The van der Waals surface area contributed by atoms with E-state index in [4.69, 9.17) is 19.6 Å². The zero-order valence-electron chi connectivity index (χ0n) is 9.38. The maximum atomic E-state index is 9.29. The predicted molar refractivity (Wildman–Crippen MR) is 35.1 cm³/mol. The largest absolute Gasteiger partial charge is 1.00 e. The zero-order chi connectivity index (χ0) is 9.65. The Morgan fingerprint density at radius 3 is 1.23 bits per heavy atom. The molecule has 0 aromatic heterocycles. The van der Waals surface area contributed by atoms with E-state index in [1.165, 1.54) is 0 Å². The second-order valence-corrected chi connectivity index (χ2v) is 2.56. The van der Waals surface area contributed by atoms with Crippen molar-refractivity contribution in [1.29, 1.82) is 0 Å². The topological polar surface area (TPSA) is 129 Å². The van der Waals surface area contributed by atoms with E-state index in [1.807, 2.05) is 0 Å². The fourth-order valence-electron chi connectivity index (χ4n) is 0. The summed E-state index contributed by atoms with van der Waals surface area (Å²) >= 11 is 0. The molecule has 0 bridgehead atoms. The average molecular weight is 234 g/mol. The van der Waals surface area contributed by atoms with E-state index < -0.39 is 21.4 Å². The number of carbonyl (C=O) groups is 2. The number of carboxylic acids is 1. The van der Waals surface area contributed by atoms with Crippen molar-refractivity contribution in [2.75, 3.05) is 0 Å². The standard InChI is InChI=1S/C2H4O2.CH2O5S.2Na.2H/c1-2(3)4;2-1(3)7(4,5)6;;;;/h1H3,(H,3,4);(H,2,3)(H,4,5,6);;;;/q;;2*+1;2*-1. The van der Waals surface area contributed by atoms with Crippen LogP contribution in [0.1, 0.15) is 9.78 Å². The van der Waals surface area contributed by atoms with Crippen molar-refractivity contribution in [3.05, 3.63) is 0 Å². The van der Waals surface area contributed by atoms with E-state index in [0.717, 1.165) is 6.92 Å². The molecule has 0 aliphatic heterocycles. The first-order valence-corrected chi connectivity index (χ1v) is 3.52. The van der Waals surface area contributed by atoms with Gasteiger partial charge in [0.15, 0.2) is 0 Å². The summed E-state index contributed by atoms with van der Waals surface area (Å²) in [4.78, 5) is 18.2. The first-order valence-electron chi connectivity index (χ1n) is 2.08. The average Bonchev–Trinajstić information content (AvgIpc) is 1.59. The van der Waals surface area contributed by atoms with E-state index in [2.05, 4.69) is 0 Å². The van der Waals surface area contributed by atoms with Gasteiger partial charge in [-0.15, -0.1) is 0 Å². The minimum atomic E-state index is -4.82. The van der Waals surface area contributed by atoms with Crippen LogP contribution in [0.5, 0.6) is 0 Å². The van der Waals surface area contributed by atoms with Gasteiger partial charge in [0, 0.05) is 6.92 Å². The van der Waals surface area contributed by atoms with Crippen LogP contribution in [-0.4, -0.2) is 34.5 Å². The van der Waals surface area contributed by atoms with Gasteiger partial charge < -0.3 is 13.1 Å². The molecule has 0 aliphatic carbocycles. The molecule has 0 aromatic rings. The second-order valence-electron chi connectivity index (χ2n) is 1.26. The summed E-state index contributed by atoms with van der Waals surface area (Å²) in [6.07, 6.45) is 0. The van der Waals surface area contributed by atoms with Crippen molar-refractivity contribution in [2.24, 2.45) is 0 Å². The third-order valence-corrected chi connectivity index (χ3v) is 0.662. The Bertz CT molecular complexity index is 249. The Kier molecular flexibility index (Phi) is 19.8. The van der Waals surface area contributed by atoms with E-state index in [-0.39, 0.29) is 62.0 Å². The van der Waals surface area contributed by atoms with Crippen LogP contribution in [-0.2, 0) is 14.9 Å². The molecule has 0 amide bonds. The molecule has 0 radical (unpaired) electrons. The van der Waals surface area contributed by atoms with Crippen molar-refractivity contribution in [3.63, 3.8) is 0 Å². The molecule has 0 aromatic carbocycles. The monoisotopic (exact) mass is 234 g/mol. The van der Waals surface area contributed by atoms with Crippen LogP contribution in [0.4, 0.5) is 4.79 Å². The molecule has 0 aliphatic rings. The summed E-state index contributed by atoms with van der Waals surface area (Å²) in [5, 5.41) is 12.6. The molecule has 0 atom stereocenters. The van der Waals surface area contributed by atoms with Gasteiger partial charge >= 0.3 is 74.5 Å². The summed E-state index contributed by atoms with van der Waals surface area (Å²) in [6.45, 7) is 1.08. The van der Waals surface area contributed by atoms with Gasteiger partial charge in [-0.2, -0.15) is 8.42 Å². The predicted octanol–water partition coefficient (Wildman–Crippen LogP) is -6.12. The SMILES string of the molecule is CC(=O)O.O=C(O)S(=O)(=O)O.[H-].[H-].[Na+].[Na+]. The molecule has 0 saturated heterocycles. The van der Waals surface area contributed by atoms with Crippen molar-refractivity contribution in [3.8, 4) is 0 Å². The van der Waals surface area contributed by atoms with Gasteiger partial charge in [0.05, 0.1) is 0 Å². The van der Waals surface area contributed by atoms with Gasteiger partial charge in [-0.25, -0.2) is 4.79 Å². The number of hydrogen-bond donors (Lipinski definition) is 3. The molecular weight excluding hydrogens is 226 g/mol. The molecule has 70 valence electrons. The fraction of sp³-hybridized carbons (Fsp3) is 0.333. The van der Waals surface area contributed by atoms with Gasteiger partial charge in [0.25, 0.3) is 5.97 Å². The fourth-order valence-corrected chi connectivity index (χ4v) is 0. The summed E-state index contributed by atoms with van der Waals surface area (Å²) in [6, 6.07) is 0. The summed E-state index contributed by atoms with van der Waals surface area (Å²) in [5.74, 6) is -0.833. The molecule has 0 fully saturated rings. The molecule has 0 spiro atoms. The van der Waals surface area contributed by atoms with Gasteiger partial charge in [0.2, 0.25) is 0 Å². The third-order valence-electron chi connectivity index (χ3n) is 0.221. The van der Waals surface area contributed by atoms with Crippen molar-refractivity contribution in [1.82, 2.24) is 0 Å². The Hall–Kier alpha value is 0.850. The number of hydrogen-bond acceptors (Lipinski definition) is 4. The van der Waals surface area contributed by atoms with E-state index in [1.54, 1.807) is 0 Å². The van der Waals surface area contributed by atoms with E-state index >= 15 is 0 Å². The van der Waals surface area contributed by atoms with E-state index in [9.17, 15) is 13.2 Å². The maximum absolute atomic E-state index is 9.29. The Morgan fingerprint density at radius 1 is 1.15 bits per heavy atom.